The van der Waals surface area contributed by atoms with Gasteiger partial charge >= 0.3 is 0 Å². The lowest BCUT2D eigenvalue weighted by molar-refractivity contribution is 0.0743. The highest BCUT2D eigenvalue weighted by atomic mass is 32.2. The number of ether oxygens (including phenoxy) is 1. The summed E-state index contributed by atoms with van der Waals surface area (Å²) in [5.74, 6) is 0.157. The third-order valence-corrected chi connectivity index (χ3v) is 5.93. The highest BCUT2D eigenvalue weighted by Crippen LogP contribution is 2.27. The number of aromatic nitrogens is 3. The summed E-state index contributed by atoms with van der Waals surface area (Å²) in [5, 5.41) is 1.96. The minimum atomic E-state index is -0.300. The number of pyridine rings is 1. The molecule has 0 fully saturated rings. The largest absolute Gasteiger partial charge is 0.379 e. The maximum atomic E-state index is 14.1. The second-order valence-corrected chi connectivity index (χ2v) is 8.51. The zero-order chi connectivity index (χ0) is 21.8. The number of fused-ring (bicyclic) bond motifs is 2. The molecule has 4 rings (SSSR count). The Morgan fingerprint density at radius 2 is 2.00 bits per heavy atom. The van der Waals surface area contributed by atoms with Crippen LogP contribution in [0.2, 0.25) is 0 Å². The van der Waals surface area contributed by atoms with Gasteiger partial charge in [0, 0.05) is 30.5 Å². The van der Waals surface area contributed by atoms with Gasteiger partial charge in [0.1, 0.15) is 5.82 Å². The van der Waals surface area contributed by atoms with Gasteiger partial charge in [-0.3, -0.25) is 14.3 Å². The Labute approximate surface area is 184 Å². The number of hydrogen-bond acceptors (Lipinski definition) is 5. The van der Waals surface area contributed by atoms with E-state index in [0.29, 0.717) is 41.4 Å². The quantitative estimate of drug-likeness (QED) is 0.216. The smallest absolute Gasteiger partial charge is 0.262 e. The standard InChI is InChI=1S/C24H24FN3O2S/c1-16(2)30-12-6-11-28-23(29)20-8-3-4-9-21(20)27-24(28)31-15-18-14-19(25)13-17-7-5-10-26-22(17)18/h3-5,7-10,13-14,16H,6,11-12,15H2,1-2H3. The van der Waals surface area contributed by atoms with Crippen LogP contribution in [0.5, 0.6) is 0 Å². The van der Waals surface area contributed by atoms with Crippen LogP contribution in [0.15, 0.2) is 64.7 Å². The third kappa shape index (κ3) is 4.94. The van der Waals surface area contributed by atoms with Crippen LogP contribution >= 0.6 is 11.8 Å². The maximum Gasteiger partial charge on any atom is 0.262 e. The van der Waals surface area contributed by atoms with Gasteiger partial charge in [-0.1, -0.05) is 30.0 Å². The molecule has 0 radical (unpaired) electrons. The van der Waals surface area contributed by atoms with E-state index < -0.39 is 0 Å². The fourth-order valence-corrected chi connectivity index (χ4v) is 4.47. The lowest BCUT2D eigenvalue weighted by Crippen LogP contribution is -2.24. The number of nitrogens with zero attached hydrogens (tertiary/aromatic N) is 3. The summed E-state index contributed by atoms with van der Waals surface area (Å²) in [6, 6.07) is 14.0. The molecule has 0 saturated carbocycles. The van der Waals surface area contributed by atoms with Crippen LogP contribution in [0.1, 0.15) is 25.8 Å². The van der Waals surface area contributed by atoms with Gasteiger partial charge in [0.2, 0.25) is 0 Å². The van der Waals surface area contributed by atoms with E-state index in [-0.39, 0.29) is 17.5 Å². The summed E-state index contributed by atoms with van der Waals surface area (Å²) in [4.78, 5) is 22.3. The van der Waals surface area contributed by atoms with Gasteiger partial charge in [-0.15, -0.1) is 0 Å². The van der Waals surface area contributed by atoms with Gasteiger partial charge in [-0.05, 0) is 56.2 Å². The van der Waals surface area contributed by atoms with Crippen LogP contribution in [0, 0.1) is 5.82 Å². The number of hydrogen-bond donors (Lipinski definition) is 0. The molecule has 5 nitrogen and oxygen atoms in total. The molecule has 0 aliphatic carbocycles. The van der Waals surface area contributed by atoms with Crippen LogP contribution in [0.4, 0.5) is 4.39 Å². The Kier molecular flexibility index (Phi) is 6.63. The molecule has 0 atom stereocenters. The van der Waals surface area contributed by atoms with Crippen LogP contribution < -0.4 is 5.56 Å². The third-order valence-electron chi connectivity index (χ3n) is 4.91. The normalized spacial score (nSPS) is 11.6. The van der Waals surface area contributed by atoms with Crippen LogP contribution in [0.25, 0.3) is 21.8 Å². The second-order valence-electron chi connectivity index (χ2n) is 7.57. The van der Waals surface area contributed by atoms with Crippen molar-refractivity contribution >= 4 is 33.6 Å². The molecule has 0 saturated heterocycles. The van der Waals surface area contributed by atoms with E-state index in [2.05, 4.69) is 4.98 Å². The molecule has 2 heterocycles. The highest BCUT2D eigenvalue weighted by Gasteiger charge is 2.13. The van der Waals surface area contributed by atoms with Crippen molar-refractivity contribution in [2.24, 2.45) is 0 Å². The van der Waals surface area contributed by atoms with Crippen molar-refractivity contribution in [1.29, 1.82) is 0 Å². The molecule has 0 unspecified atom stereocenters. The predicted molar refractivity (Wildman–Crippen MR) is 123 cm³/mol. The van der Waals surface area contributed by atoms with E-state index in [9.17, 15) is 9.18 Å². The minimum Gasteiger partial charge on any atom is -0.379 e. The first-order chi connectivity index (χ1) is 15.0. The van der Waals surface area contributed by atoms with Gasteiger partial charge in [0.25, 0.3) is 5.56 Å². The van der Waals surface area contributed by atoms with Gasteiger partial charge in [0.05, 0.1) is 22.5 Å². The molecule has 4 aromatic rings. The van der Waals surface area contributed by atoms with Crippen molar-refractivity contribution in [3.8, 4) is 0 Å². The lowest BCUT2D eigenvalue weighted by atomic mass is 10.1. The summed E-state index contributed by atoms with van der Waals surface area (Å²) >= 11 is 1.42. The van der Waals surface area contributed by atoms with Crippen molar-refractivity contribution in [3.05, 3.63) is 76.5 Å². The van der Waals surface area contributed by atoms with Gasteiger partial charge in [0.15, 0.2) is 5.16 Å². The van der Waals surface area contributed by atoms with Crippen molar-refractivity contribution < 1.29 is 9.13 Å². The van der Waals surface area contributed by atoms with E-state index in [1.165, 1.54) is 23.9 Å². The lowest BCUT2D eigenvalue weighted by Gasteiger charge is -2.14. The zero-order valence-corrected chi connectivity index (χ0v) is 18.4. The Morgan fingerprint density at radius 3 is 2.84 bits per heavy atom. The highest BCUT2D eigenvalue weighted by molar-refractivity contribution is 7.98. The number of halogens is 1. The Balaban J connectivity index is 1.66. The van der Waals surface area contributed by atoms with E-state index in [1.807, 2.05) is 38.1 Å². The number of thioether (sulfide) groups is 1. The summed E-state index contributed by atoms with van der Waals surface area (Å²) in [6.07, 6.45) is 2.55. The SMILES string of the molecule is CC(C)OCCCn1c(SCc2cc(F)cc3cccnc23)nc2ccccc2c1=O. The Morgan fingerprint density at radius 1 is 1.16 bits per heavy atom. The zero-order valence-electron chi connectivity index (χ0n) is 17.5. The van der Waals surface area contributed by atoms with Gasteiger partial charge in [-0.2, -0.15) is 0 Å². The first kappa shape index (κ1) is 21.5. The first-order valence-electron chi connectivity index (χ1n) is 10.3. The first-order valence-corrected chi connectivity index (χ1v) is 11.3. The molecular weight excluding hydrogens is 413 g/mol. The summed E-state index contributed by atoms with van der Waals surface area (Å²) < 4.78 is 21.5. The second kappa shape index (κ2) is 9.58. The van der Waals surface area contributed by atoms with E-state index >= 15 is 0 Å². The molecule has 0 spiro atoms. The fourth-order valence-electron chi connectivity index (χ4n) is 3.48. The molecule has 0 aliphatic rings. The van der Waals surface area contributed by atoms with Crippen molar-refractivity contribution in [2.45, 2.75) is 43.8 Å². The fraction of sp³-hybridized carbons (Fsp3) is 0.292. The van der Waals surface area contributed by atoms with Gasteiger partial charge in [-0.25, -0.2) is 9.37 Å². The molecule has 31 heavy (non-hydrogen) atoms. The monoisotopic (exact) mass is 437 g/mol. The van der Waals surface area contributed by atoms with Crippen LogP contribution in [-0.2, 0) is 17.0 Å². The summed E-state index contributed by atoms with van der Waals surface area (Å²) in [7, 11) is 0. The van der Waals surface area contributed by atoms with Crippen molar-refractivity contribution in [2.75, 3.05) is 6.61 Å². The van der Waals surface area contributed by atoms with Crippen molar-refractivity contribution in [3.63, 3.8) is 0 Å². The topological polar surface area (TPSA) is 57.0 Å². The molecule has 2 aromatic carbocycles. The number of benzene rings is 2. The van der Waals surface area contributed by atoms with Crippen LogP contribution in [-0.4, -0.2) is 27.2 Å². The van der Waals surface area contributed by atoms with Crippen LogP contribution in [0.3, 0.4) is 0 Å². The van der Waals surface area contributed by atoms with E-state index in [0.717, 1.165) is 16.5 Å². The number of rotatable bonds is 8. The van der Waals surface area contributed by atoms with Gasteiger partial charge < -0.3 is 4.74 Å². The van der Waals surface area contributed by atoms with E-state index in [4.69, 9.17) is 9.72 Å². The Bertz CT molecular complexity index is 1270. The summed E-state index contributed by atoms with van der Waals surface area (Å²) in [5.41, 5.74) is 2.13. The summed E-state index contributed by atoms with van der Waals surface area (Å²) in [6.45, 7) is 5.05. The molecule has 0 aliphatic heterocycles. The molecular formula is C24H24FN3O2S. The van der Waals surface area contributed by atoms with E-state index in [1.54, 1.807) is 22.9 Å². The molecule has 7 heteroatoms. The molecule has 2 aromatic heterocycles. The molecule has 0 bridgehead atoms. The van der Waals surface area contributed by atoms with Crippen molar-refractivity contribution in [1.82, 2.24) is 14.5 Å². The molecule has 0 amide bonds. The number of para-hydroxylation sites is 1. The molecule has 160 valence electrons. The average molecular weight is 438 g/mol. The predicted octanol–water partition coefficient (Wildman–Crippen LogP) is 5.19. The maximum absolute atomic E-state index is 14.1. The molecule has 0 N–H and O–H groups in total. The Hall–Kier alpha value is -2.77. The minimum absolute atomic E-state index is 0.0696. The average Bonchev–Trinajstić information content (AvgIpc) is 2.76.